The highest BCUT2D eigenvalue weighted by atomic mass is 32.1. The van der Waals surface area contributed by atoms with Crippen molar-refractivity contribution < 1.29 is 9.59 Å². The molecule has 2 aromatic rings. The Morgan fingerprint density at radius 2 is 2.29 bits per heavy atom. The summed E-state index contributed by atoms with van der Waals surface area (Å²) in [6, 6.07) is 3.56. The third-order valence-electron chi connectivity index (χ3n) is 3.93. The molecule has 0 aliphatic carbocycles. The van der Waals surface area contributed by atoms with Crippen LogP contribution >= 0.6 is 11.7 Å². The number of piperazine rings is 1. The molecule has 3 amide bonds. The first-order valence-corrected chi connectivity index (χ1v) is 8.62. The number of aryl methyl sites for hydroxylation is 1. The van der Waals surface area contributed by atoms with Gasteiger partial charge in [0.1, 0.15) is 11.0 Å². The highest BCUT2D eigenvalue weighted by molar-refractivity contribution is 7.00. The number of anilines is 1. The number of nitrogens with one attached hydrogen (secondary N) is 3. The molecule has 0 atom stereocenters. The largest absolute Gasteiger partial charge is 0.354 e. The molecule has 0 bridgehead atoms. The van der Waals surface area contributed by atoms with Crippen molar-refractivity contribution in [1.29, 1.82) is 0 Å². The summed E-state index contributed by atoms with van der Waals surface area (Å²) >= 11 is 1.13. The molecule has 0 spiro atoms. The van der Waals surface area contributed by atoms with E-state index in [1.165, 1.54) is 0 Å². The lowest BCUT2D eigenvalue weighted by atomic mass is 10.1. The SMILES string of the molecule is Cc1ccc2nsnc2c1NC(=O)NCCCN1CCNC(=O)C1. The molecule has 1 aromatic carbocycles. The number of urea groups is 1. The Morgan fingerprint density at radius 1 is 1.42 bits per heavy atom. The van der Waals surface area contributed by atoms with Crippen molar-refractivity contribution in [2.45, 2.75) is 13.3 Å². The maximum Gasteiger partial charge on any atom is 0.319 e. The maximum absolute atomic E-state index is 12.1. The molecule has 0 unspecified atom stereocenters. The van der Waals surface area contributed by atoms with Crippen molar-refractivity contribution in [3.8, 4) is 0 Å². The van der Waals surface area contributed by atoms with E-state index >= 15 is 0 Å². The summed E-state index contributed by atoms with van der Waals surface area (Å²) in [5.74, 6) is 0.0624. The van der Waals surface area contributed by atoms with Gasteiger partial charge in [0.25, 0.3) is 0 Å². The monoisotopic (exact) mass is 348 g/mol. The van der Waals surface area contributed by atoms with Crippen LogP contribution in [0.4, 0.5) is 10.5 Å². The van der Waals surface area contributed by atoms with Gasteiger partial charge in [-0.3, -0.25) is 9.69 Å². The summed E-state index contributed by atoms with van der Waals surface area (Å²) in [7, 11) is 0. The van der Waals surface area contributed by atoms with E-state index in [9.17, 15) is 9.59 Å². The molecule has 1 aliphatic rings. The number of carbonyl (C=O) groups excluding carboxylic acids is 2. The van der Waals surface area contributed by atoms with Crippen LogP contribution in [0.25, 0.3) is 11.0 Å². The van der Waals surface area contributed by atoms with Gasteiger partial charge < -0.3 is 16.0 Å². The van der Waals surface area contributed by atoms with E-state index in [4.69, 9.17) is 0 Å². The summed E-state index contributed by atoms with van der Waals surface area (Å²) < 4.78 is 8.42. The zero-order valence-corrected chi connectivity index (χ0v) is 14.3. The number of benzene rings is 1. The first kappa shape index (κ1) is 16.6. The fraction of sp³-hybridized carbons (Fsp3) is 0.467. The zero-order valence-electron chi connectivity index (χ0n) is 13.5. The summed E-state index contributed by atoms with van der Waals surface area (Å²) in [4.78, 5) is 25.5. The zero-order chi connectivity index (χ0) is 16.9. The second kappa shape index (κ2) is 7.54. The number of carbonyl (C=O) groups is 2. The van der Waals surface area contributed by atoms with Gasteiger partial charge in [-0.25, -0.2) is 4.79 Å². The van der Waals surface area contributed by atoms with Crippen molar-refractivity contribution in [3.63, 3.8) is 0 Å². The molecule has 1 saturated heterocycles. The second-order valence-corrected chi connectivity index (χ2v) is 6.28. The molecule has 0 saturated carbocycles. The fourth-order valence-corrected chi connectivity index (χ4v) is 3.20. The van der Waals surface area contributed by atoms with Crippen LogP contribution < -0.4 is 16.0 Å². The van der Waals surface area contributed by atoms with Crippen LogP contribution in [0.15, 0.2) is 12.1 Å². The number of fused-ring (bicyclic) bond motifs is 1. The Labute approximate surface area is 143 Å². The topological polar surface area (TPSA) is 99.2 Å². The first-order valence-electron chi connectivity index (χ1n) is 7.89. The minimum atomic E-state index is -0.255. The highest BCUT2D eigenvalue weighted by Crippen LogP contribution is 2.25. The number of amides is 3. The molecule has 128 valence electrons. The van der Waals surface area contributed by atoms with Crippen LogP contribution in [0.3, 0.4) is 0 Å². The Hall–Kier alpha value is -2.26. The molecular weight excluding hydrogens is 328 g/mol. The van der Waals surface area contributed by atoms with Gasteiger partial charge in [0.2, 0.25) is 5.91 Å². The van der Waals surface area contributed by atoms with Crippen molar-refractivity contribution in [1.82, 2.24) is 24.3 Å². The van der Waals surface area contributed by atoms with Crippen LogP contribution in [0, 0.1) is 6.92 Å². The number of hydrogen-bond donors (Lipinski definition) is 3. The van der Waals surface area contributed by atoms with Gasteiger partial charge >= 0.3 is 6.03 Å². The summed E-state index contributed by atoms with van der Waals surface area (Å²) in [5.41, 5.74) is 3.15. The van der Waals surface area contributed by atoms with E-state index in [2.05, 4.69) is 29.6 Å². The molecule has 1 fully saturated rings. The average Bonchev–Trinajstić information content (AvgIpc) is 3.03. The van der Waals surface area contributed by atoms with Gasteiger partial charge in [-0.1, -0.05) is 6.07 Å². The number of nitrogens with zero attached hydrogens (tertiary/aromatic N) is 3. The standard InChI is InChI=1S/C15H20N6O2S/c1-10-3-4-11-14(20-24-19-11)13(10)18-15(23)17-5-2-7-21-8-6-16-12(22)9-21/h3-4H,2,5-9H2,1H3,(H,16,22)(H2,17,18,23). The second-order valence-electron chi connectivity index (χ2n) is 5.75. The van der Waals surface area contributed by atoms with Crippen LogP contribution in [0.2, 0.25) is 0 Å². The Kier molecular flexibility index (Phi) is 5.21. The maximum atomic E-state index is 12.1. The van der Waals surface area contributed by atoms with Crippen molar-refractivity contribution in [3.05, 3.63) is 17.7 Å². The predicted octanol–water partition coefficient (Wildman–Crippen LogP) is 0.943. The lowest BCUT2D eigenvalue weighted by Crippen LogP contribution is -2.48. The molecule has 1 aliphatic heterocycles. The van der Waals surface area contributed by atoms with E-state index in [1.54, 1.807) is 0 Å². The van der Waals surface area contributed by atoms with Crippen LogP contribution in [0.1, 0.15) is 12.0 Å². The summed E-state index contributed by atoms with van der Waals surface area (Å²) in [5, 5.41) is 8.50. The summed E-state index contributed by atoms with van der Waals surface area (Å²) in [6.45, 7) is 5.25. The Balaban J connectivity index is 1.46. The van der Waals surface area contributed by atoms with E-state index in [0.29, 0.717) is 25.3 Å². The van der Waals surface area contributed by atoms with E-state index in [0.717, 1.165) is 47.8 Å². The molecule has 1 aromatic heterocycles. The van der Waals surface area contributed by atoms with E-state index in [-0.39, 0.29) is 11.9 Å². The lowest BCUT2D eigenvalue weighted by Gasteiger charge is -2.26. The minimum Gasteiger partial charge on any atom is -0.354 e. The van der Waals surface area contributed by atoms with Crippen molar-refractivity contribution in [2.75, 3.05) is 38.0 Å². The van der Waals surface area contributed by atoms with Gasteiger partial charge in [0.05, 0.1) is 24.0 Å². The highest BCUT2D eigenvalue weighted by Gasteiger charge is 2.15. The van der Waals surface area contributed by atoms with Crippen molar-refractivity contribution in [2.24, 2.45) is 0 Å². The molecule has 9 heteroatoms. The fourth-order valence-electron chi connectivity index (χ4n) is 2.65. The van der Waals surface area contributed by atoms with Crippen LogP contribution in [-0.4, -0.2) is 58.3 Å². The van der Waals surface area contributed by atoms with Gasteiger partial charge in [-0.15, -0.1) is 0 Å². The van der Waals surface area contributed by atoms with Gasteiger partial charge in [0, 0.05) is 26.2 Å². The quantitative estimate of drug-likeness (QED) is 0.699. The normalized spacial score (nSPS) is 15.3. The summed E-state index contributed by atoms with van der Waals surface area (Å²) in [6.07, 6.45) is 0.794. The molecule has 8 nitrogen and oxygen atoms in total. The number of hydrogen-bond acceptors (Lipinski definition) is 6. The molecule has 24 heavy (non-hydrogen) atoms. The lowest BCUT2D eigenvalue weighted by molar-refractivity contribution is -0.124. The first-order chi connectivity index (χ1) is 11.6. The van der Waals surface area contributed by atoms with E-state index < -0.39 is 0 Å². The molecular formula is C15H20N6O2S. The van der Waals surface area contributed by atoms with Gasteiger partial charge in [-0.2, -0.15) is 8.75 Å². The molecule has 2 heterocycles. The molecule has 3 N–H and O–H groups in total. The molecule has 0 radical (unpaired) electrons. The smallest absolute Gasteiger partial charge is 0.319 e. The third kappa shape index (κ3) is 3.98. The van der Waals surface area contributed by atoms with Gasteiger partial charge in [-0.05, 0) is 25.0 Å². The Morgan fingerprint density at radius 3 is 3.12 bits per heavy atom. The van der Waals surface area contributed by atoms with Crippen molar-refractivity contribution >= 4 is 40.4 Å². The number of rotatable bonds is 5. The molecule has 3 rings (SSSR count). The van der Waals surface area contributed by atoms with Crippen LogP contribution in [-0.2, 0) is 4.79 Å². The third-order valence-corrected chi connectivity index (χ3v) is 4.47. The van der Waals surface area contributed by atoms with Crippen LogP contribution in [0.5, 0.6) is 0 Å². The minimum absolute atomic E-state index is 0.0624. The van der Waals surface area contributed by atoms with E-state index in [1.807, 2.05) is 19.1 Å². The van der Waals surface area contributed by atoms with Gasteiger partial charge in [0.15, 0.2) is 0 Å². The average molecular weight is 348 g/mol. The number of aromatic nitrogens is 2. The predicted molar refractivity (Wildman–Crippen MR) is 93.2 cm³/mol. The Bertz CT molecular complexity index is 747.